The van der Waals surface area contributed by atoms with Crippen LogP contribution in [0.25, 0.3) is 0 Å². The largest absolute Gasteiger partial charge is 0.497 e. The third-order valence-corrected chi connectivity index (χ3v) is 6.20. The Balaban J connectivity index is 1.86. The summed E-state index contributed by atoms with van der Waals surface area (Å²) in [4.78, 5) is 48.1. The Kier molecular flexibility index (Phi) is 8.00. The monoisotopic (exact) mass is 515 g/mol. The summed E-state index contributed by atoms with van der Waals surface area (Å²) in [6.07, 6.45) is 1.57. The zero-order valence-corrected chi connectivity index (χ0v) is 21.4. The van der Waals surface area contributed by atoms with E-state index in [2.05, 4.69) is 27.4 Å². The summed E-state index contributed by atoms with van der Waals surface area (Å²) in [5.74, 6) is -1.34. The second kappa shape index (κ2) is 11.5. The van der Waals surface area contributed by atoms with Gasteiger partial charge in [0.05, 0.1) is 13.7 Å². The maximum atomic E-state index is 13.2. The van der Waals surface area contributed by atoms with Gasteiger partial charge < -0.3 is 9.47 Å². The predicted octanol–water partition coefficient (Wildman–Crippen LogP) is 3.61. The number of carbonyl (C=O) groups is 2. The molecular weight excluding hydrogens is 486 g/mol. The van der Waals surface area contributed by atoms with Crippen molar-refractivity contribution in [1.29, 1.82) is 0 Å². The van der Waals surface area contributed by atoms with E-state index in [1.807, 2.05) is 30.3 Å². The standard InChI is InChI=1S/C28H29N5O5/c1-5-15-33-25-23(22(18-11-8-7-9-12-18)21(17(3)29-25)27(35)38-6-2)24(30-28(33)36)31-32-26(34)19-13-10-14-20(16-19)37-4/h5,7-14,16,21-22H,1,6,15H2,2-4H3,(H,32,34)(H,30,31,36). The average Bonchev–Trinajstić information content (AvgIpc) is 2.93. The fraction of sp³-hybridized carbons (Fsp3) is 0.250. The molecule has 0 saturated carbocycles. The Morgan fingerprint density at radius 3 is 2.61 bits per heavy atom. The molecule has 0 aliphatic carbocycles. The third-order valence-electron chi connectivity index (χ3n) is 6.20. The maximum absolute atomic E-state index is 13.2. The number of aromatic nitrogens is 2. The molecule has 4 rings (SSSR count). The highest BCUT2D eigenvalue weighted by molar-refractivity contribution is 6.05. The summed E-state index contributed by atoms with van der Waals surface area (Å²) in [6.45, 7) is 7.58. The zero-order chi connectivity index (χ0) is 27.2. The van der Waals surface area contributed by atoms with E-state index in [-0.39, 0.29) is 19.0 Å². The molecule has 10 heteroatoms. The number of methoxy groups -OCH3 is 1. The van der Waals surface area contributed by atoms with Gasteiger partial charge in [0.2, 0.25) is 0 Å². The summed E-state index contributed by atoms with van der Waals surface area (Å²) in [5, 5.41) is 0. The minimum Gasteiger partial charge on any atom is -0.497 e. The van der Waals surface area contributed by atoms with Gasteiger partial charge in [-0.3, -0.25) is 25.0 Å². The second-order valence-corrected chi connectivity index (χ2v) is 8.56. The van der Waals surface area contributed by atoms with Crippen LogP contribution in [0.5, 0.6) is 5.75 Å². The highest BCUT2D eigenvalue weighted by Gasteiger charge is 2.42. The molecule has 3 aromatic rings. The topological polar surface area (TPSA) is 124 Å². The molecule has 2 unspecified atom stereocenters. The Labute approximate surface area is 220 Å². The van der Waals surface area contributed by atoms with Crippen molar-refractivity contribution in [3.05, 3.63) is 94.4 Å². The van der Waals surface area contributed by atoms with E-state index in [9.17, 15) is 14.4 Å². The summed E-state index contributed by atoms with van der Waals surface area (Å²) >= 11 is 0. The predicted molar refractivity (Wildman–Crippen MR) is 144 cm³/mol. The maximum Gasteiger partial charge on any atom is 0.351 e. The molecule has 2 aromatic carbocycles. The number of aliphatic imine (C=N–C) groups is 1. The Bertz CT molecular complexity index is 1450. The number of hydrazine groups is 1. The summed E-state index contributed by atoms with van der Waals surface area (Å²) in [7, 11) is 1.51. The molecule has 38 heavy (non-hydrogen) atoms. The fourth-order valence-electron chi connectivity index (χ4n) is 4.51. The van der Waals surface area contributed by atoms with Crippen molar-refractivity contribution < 1.29 is 19.1 Å². The van der Waals surface area contributed by atoms with Gasteiger partial charge in [0.25, 0.3) is 5.91 Å². The molecule has 1 aromatic heterocycles. The van der Waals surface area contributed by atoms with Crippen molar-refractivity contribution in [2.45, 2.75) is 26.3 Å². The van der Waals surface area contributed by atoms with Gasteiger partial charge in [-0.25, -0.2) is 9.79 Å². The molecule has 196 valence electrons. The van der Waals surface area contributed by atoms with Gasteiger partial charge in [-0.15, -0.1) is 6.58 Å². The zero-order valence-electron chi connectivity index (χ0n) is 21.4. The van der Waals surface area contributed by atoms with E-state index in [4.69, 9.17) is 9.47 Å². The lowest BCUT2D eigenvalue weighted by molar-refractivity contribution is -0.146. The number of rotatable bonds is 9. The number of hydrogen-bond acceptors (Lipinski definition) is 8. The van der Waals surface area contributed by atoms with Gasteiger partial charge in [0, 0.05) is 29.3 Å². The number of esters is 1. The highest BCUT2D eigenvalue weighted by atomic mass is 16.5. The molecule has 0 spiro atoms. The minimum atomic E-state index is -0.768. The van der Waals surface area contributed by atoms with Gasteiger partial charge in [0.1, 0.15) is 17.5 Å². The quantitative estimate of drug-likeness (QED) is 0.253. The Hall–Kier alpha value is -4.73. The number of nitrogens with zero attached hydrogens (tertiary/aromatic N) is 3. The van der Waals surface area contributed by atoms with Gasteiger partial charge in [-0.2, -0.15) is 4.98 Å². The summed E-state index contributed by atoms with van der Waals surface area (Å²) in [5.41, 5.74) is 6.95. The van der Waals surface area contributed by atoms with Gasteiger partial charge in [0.15, 0.2) is 5.82 Å². The molecule has 0 saturated heterocycles. The number of ether oxygens (including phenoxy) is 2. The lowest BCUT2D eigenvalue weighted by Gasteiger charge is -2.33. The first-order valence-corrected chi connectivity index (χ1v) is 12.1. The van der Waals surface area contributed by atoms with E-state index in [1.54, 1.807) is 44.2 Å². The number of benzene rings is 2. The van der Waals surface area contributed by atoms with Crippen molar-refractivity contribution in [1.82, 2.24) is 15.0 Å². The van der Waals surface area contributed by atoms with E-state index < -0.39 is 29.4 Å². The minimum absolute atomic E-state index is 0.0842. The van der Waals surface area contributed by atoms with Crippen molar-refractivity contribution in [3.8, 4) is 5.75 Å². The average molecular weight is 516 g/mol. The van der Waals surface area contributed by atoms with Crippen LogP contribution in [0.2, 0.25) is 0 Å². The van der Waals surface area contributed by atoms with Crippen molar-refractivity contribution in [2.24, 2.45) is 10.9 Å². The fourth-order valence-corrected chi connectivity index (χ4v) is 4.51. The number of hydrogen-bond donors (Lipinski definition) is 2. The molecule has 0 fully saturated rings. The van der Waals surface area contributed by atoms with E-state index >= 15 is 0 Å². The number of amides is 1. The second-order valence-electron chi connectivity index (χ2n) is 8.56. The van der Waals surface area contributed by atoms with E-state index in [0.29, 0.717) is 28.4 Å². The Morgan fingerprint density at radius 2 is 1.92 bits per heavy atom. The normalized spacial score (nSPS) is 16.0. The molecular formula is C28H29N5O5. The van der Waals surface area contributed by atoms with Crippen LogP contribution < -0.4 is 21.3 Å². The van der Waals surface area contributed by atoms with Gasteiger partial charge in [-0.05, 0) is 37.6 Å². The van der Waals surface area contributed by atoms with Gasteiger partial charge >= 0.3 is 11.7 Å². The van der Waals surface area contributed by atoms with Crippen molar-refractivity contribution in [3.63, 3.8) is 0 Å². The number of anilines is 1. The van der Waals surface area contributed by atoms with Crippen LogP contribution in [0.1, 0.15) is 41.3 Å². The van der Waals surface area contributed by atoms with Crippen LogP contribution in [-0.4, -0.2) is 40.9 Å². The molecule has 2 atom stereocenters. The first-order valence-electron chi connectivity index (χ1n) is 12.1. The van der Waals surface area contributed by atoms with Crippen molar-refractivity contribution in [2.75, 3.05) is 19.1 Å². The SMILES string of the molecule is C=CCn1c2c(c(NNC(=O)c3cccc(OC)c3)nc1=O)C(c1ccccc1)C(C(=O)OCC)C(C)=N2. The molecule has 2 heterocycles. The third kappa shape index (κ3) is 5.19. The smallest absolute Gasteiger partial charge is 0.351 e. The van der Waals surface area contributed by atoms with Crippen LogP contribution in [0.15, 0.2) is 77.0 Å². The van der Waals surface area contributed by atoms with Crippen LogP contribution in [0.4, 0.5) is 11.6 Å². The first kappa shape index (κ1) is 26.3. The molecule has 1 amide bonds. The Morgan fingerprint density at radius 1 is 1.16 bits per heavy atom. The first-order chi connectivity index (χ1) is 18.4. The van der Waals surface area contributed by atoms with E-state index in [0.717, 1.165) is 5.56 Å². The summed E-state index contributed by atoms with van der Waals surface area (Å²) < 4.78 is 12.0. The van der Waals surface area contributed by atoms with Crippen LogP contribution in [0, 0.1) is 5.92 Å². The molecule has 2 N–H and O–H groups in total. The number of allylic oxidation sites excluding steroid dienone is 1. The number of carbonyl (C=O) groups excluding carboxylic acids is 2. The number of fused-ring (bicyclic) bond motifs is 1. The molecule has 10 nitrogen and oxygen atoms in total. The van der Waals surface area contributed by atoms with Crippen LogP contribution >= 0.6 is 0 Å². The molecule has 1 aliphatic rings. The molecule has 0 bridgehead atoms. The van der Waals surface area contributed by atoms with Crippen molar-refractivity contribution >= 4 is 29.2 Å². The van der Waals surface area contributed by atoms with Crippen LogP contribution in [-0.2, 0) is 16.1 Å². The highest BCUT2D eigenvalue weighted by Crippen LogP contribution is 2.45. The lowest BCUT2D eigenvalue weighted by Crippen LogP contribution is -2.39. The molecule has 1 aliphatic heterocycles. The van der Waals surface area contributed by atoms with Crippen LogP contribution in [0.3, 0.4) is 0 Å². The van der Waals surface area contributed by atoms with Gasteiger partial charge in [-0.1, -0.05) is 42.5 Å². The van der Waals surface area contributed by atoms with E-state index in [1.165, 1.54) is 11.7 Å². The summed E-state index contributed by atoms with van der Waals surface area (Å²) in [6, 6.07) is 16.0. The molecule has 0 radical (unpaired) electrons. The lowest BCUT2D eigenvalue weighted by atomic mass is 9.76. The number of nitrogens with one attached hydrogen (secondary N) is 2.